The molecule has 27 heavy (non-hydrogen) atoms. The van der Waals surface area contributed by atoms with Gasteiger partial charge in [0.25, 0.3) is 0 Å². The molecule has 0 bridgehead atoms. The summed E-state index contributed by atoms with van der Waals surface area (Å²) >= 11 is 5.82. The van der Waals surface area contributed by atoms with Crippen LogP contribution in [0.5, 0.6) is 0 Å². The van der Waals surface area contributed by atoms with Crippen molar-refractivity contribution in [2.24, 2.45) is 0 Å². The third kappa shape index (κ3) is 3.66. The summed E-state index contributed by atoms with van der Waals surface area (Å²) < 4.78 is 19.7. The zero-order valence-corrected chi connectivity index (χ0v) is 15.6. The topological polar surface area (TPSA) is 66.6 Å². The van der Waals surface area contributed by atoms with Gasteiger partial charge in [-0.2, -0.15) is 0 Å². The first-order chi connectivity index (χ1) is 12.9. The predicted molar refractivity (Wildman–Crippen MR) is 102 cm³/mol. The zero-order chi connectivity index (χ0) is 19.6. The Balaban J connectivity index is 2.10. The van der Waals surface area contributed by atoms with Crippen LogP contribution in [-0.2, 0) is 5.88 Å². The number of halogens is 2. The van der Waals surface area contributed by atoms with Crippen molar-refractivity contribution >= 4 is 23.4 Å². The largest absolute Gasteiger partial charge is 0.465 e. The highest BCUT2D eigenvalue weighted by Crippen LogP contribution is 2.39. The van der Waals surface area contributed by atoms with Crippen LogP contribution in [-0.4, -0.2) is 16.4 Å². The van der Waals surface area contributed by atoms with Gasteiger partial charge in [0.1, 0.15) is 17.2 Å². The quantitative estimate of drug-likeness (QED) is 0.563. The first-order valence-corrected chi connectivity index (χ1v) is 8.85. The predicted octanol–water partition coefficient (Wildman–Crippen LogP) is 5.77. The number of carbonyl (C=O) groups is 1. The second-order valence-corrected chi connectivity index (χ2v) is 6.39. The van der Waals surface area contributed by atoms with Gasteiger partial charge in [0.05, 0.1) is 6.04 Å². The highest BCUT2D eigenvalue weighted by molar-refractivity contribution is 6.17. The number of hydrogen-bond donors (Lipinski definition) is 1. The van der Waals surface area contributed by atoms with Gasteiger partial charge in [0.2, 0.25) is 0 Å². The zero-order valence-electron chi connectivity index (χ0n) is 14.8. The SMILES string of the molecule is Cc1noc(-c2ccc(CCl)cc2)c1N(C(=O)O)C(C)c1ccccc1F. The van der Waals surface area contributed by atoms with Gasteiger partial charge >= 0.3 is 6.09 Å². The van der Waals surface area contributed by atoms with Gasteiger partial charge in [-0.25, -0.2) is 9.18 Å². The molecule has 0 aliphatic rings. The number of aryl methyl sites for hydroxylation is 1. The maximum atomic E-state index is 14.2. The van der Waals surface area contributed by atoms with E-state index in [-0.39, 0.29) is 11.3 Å². The van der Waals surface area contributed by atoms with E-state index in [0.717, 1.165) is 10.5 Å². The molecule has 0 saturated carbocycles. The van der Waals surface area contributed by atoms with E-state index in [2.05, 4.69) is 5.16 Å². The molecule has 3 aromatic rings. The molecule has 1 aromatic heterocycles. The Labute approximate surface area is 161 Å². The number of nitrogens with zero attached hydrogens (tertiary/aromatic N) is 2. The Morgan fingerprint density at radius 2 is 1.93 bits per heavy atom. The smallest absolute Gasteiger partial charge is 0.412 e. The van der Waals surface area contributed by atoms with E-state index in [1.165, 1.54) is 6.07 Å². The molecule has 0 aliphatic carbocycles. The van der Waals surface area contributed by atoms with Crippen LogP contribution >= 0.6 is 11.6 Å². The van der Waals surface area contributed by atoms with Crippen molar-refractivity contribution in [1.29, 1.82) is 0 Å². The van der Waals surface area contributed by atoms with Crippen LogP contribution in [0.2, 0.25) is 0 Å². The minimum Gasteiger partial charge on any atom is -0.465 e. The minimum absolute atomic E-state index is 0.268. The molecule has 1 unspecified atom stereocenters. The molecular weight excluding hydrogens is 371 g/mol. The number of amides is 1. The van der Waals surface area contributed by atoms with Gasteiger partial charge in [0, 0.05) is 17.0 Å². The Bertz CT molecular complexity index is 956. The van der Waals surface area contributed by atoms with Crippen LogP contribution in [0, 0.1) is 12.7 Å². The molecule has 5 nitrogen and oxygen atoms in total. The van der Waals surface area contributed by atoms with Crippen molar-refractivity contribution in [3.63, 3.8) is 0 Å². The summed E-state index contributed by atoms with van der Waals surface area (Å²) in [6.07, 6.45) is -1.23. The molecule has 1 atom stereocenters. The van der Waals surface area contributed by atoms with Gasteiger partial charge in [-0.15, -0.1) is 11.6 Å². The normalized spacial score (nSPS) is 12.0. The molecule has 2 aromatic carbocycles. The van der Waals surface area contributed by atoms with Gasteiger partial charge < -0.3 is 9.63 Å². The molecule has 1 N–H and O–H groups in total. The van der Waals surface area contributed by atoms with Crippen molar-refractivity contribution in [3.8, 4) is 11.3 Å². The van der Waals surface area contributed by atoms with E-state index in [4.69, 9.17) is 16.1 Å². The number of rotatable bonds is 5. The van der Waals surface area contributed by atoms with E-state index in [1.54, 1.807) is 44.2 Å². The van der Waals surface area contributed by atoms with Crippen LogP contribution in [0.25, 0.3) is 11.3 Å². The summed E-state index contributed by atoms with van der Waals surface area (Å²) in [5.74, 6) is 0.200. The Morgan fingerprint density at radius 1 is 1.26 bits per heavy atom. The fraction of sp³-hybridized carbons (Fsp3) is 0.200. The average molecular weight is 389 g/mol. The molecule has 140 valence electrons. The number of carboxylic acid groups (broad SMARTS) is 1. The van der Waals surface area contributed by atoms with Gasteiger partial charge in [-0.05, 0) is 25.5 Å². The third-order valence-electron chi connectivity index (χ3n) is 4.39. The van der Waals surface area contributed by atoms with Crippen molar-refractivity contribution in [2.75, 3.05) is 4.90 Å². The lowest BCUT2D eigenvalue weighted by Gasteiger charge is -2.27. The molecule has 7 heteroatoms. The summed E-state index contributed by atoms with van der Waals surface area (Å²) in [7, 11) is 0. The van der Waals surface area contributed by atoms with Gasteiger partial charge in [-0.3, -0.25) is 4.90 Å². The minimum atomic E-state index is -1.23. The van der Waals surface area contributed by atoms with Crippen LogP contribution in [0.4, 0.5) is 14.9 Å². The van der Waals surface area contributed by atoms with E-state index >= 15 is 0 Å². The second kappa shape index (κ2) is 7.80. The highest BCUT2D eigenvalue weighted by atomic mass is 35.5. The molecule has 1 heterocycles. The number of benzene rings is 2. The number of alkyl halides is 1. The molecule has 0 saturated heterocycles. The monoisotopic (exact) mass is 388 g/mol. The molecular formula is C20H18ClFN2O3. The number of hydrogen-bond acceptors (Lipinski definition) is 3. The molecule has 1 amide bonds. The van der Waals surface area contributed by atoms with Gasteiger partial charge in [-0.1, -0.05) is 47.6 Å². The third-order valence-corrected chi connectivity index (χ3v) is 4.70. The second-order valence-electron chi connectivity index (χ2n) is 6.13. The summed E-state index contributed by atoms with van der Waals surface area (Å²) in [5.41, 5.74) is 2.54. The van der Waals surface area contributed by atoms with Crippen LogP contribution in [0.1, 0.15) is 29.8 Å². The van der Waals surface area contributed by atoms with Crippen LogP contribution < -0.4 is 4.90 Å². The lowest BCUT2D eigenvalue weighted by molar-refractivity contribution is 0.199. The average Bonchev–Trinajstić information content (AvgIpc) is 3.03. The van der Waals surface area contributed by atoms with Crippen molar-refractivity contribution in [3.05, 3.63) is 71.2 Å². The summed E-state index contributed by atoms with van der Waals surface area (Å²) in [6, 6.07) is 12.6. The lowest BCUT2D eigenvalue weighted by Crippen LogP contribution is -2.33. The first kappa shape index (κ1) is 18.9. The maximum absolute atomic E-state index is 14.2. The van der Waals surface area contributed by atoms with E-state index in [9.17, 15) is 14.3 Å². The summed E-state index contributed by atoms with van der Waals surface area (Å²) in [4.78, 5) is 13.2. The Kier molecular flexibility index (Phi) is 5.46. The fourth-order valence-corrected chi connectivity index (χ4v) is 3.17. The van der Waals surface area contributed by atoms with Crippen molar-refractivity contribution in [1.82, 2.24) is 5.16 Å². The molecule has 0 fully saturated rings. The standard InChI is InChI=1S/C20H18ClFN2O3/c1-12-18(19(27-23-12)15-9-7-14(11-21)8-10-15)24(20(25)26)13(2)16-5-3-4-6-17(16)22/h3-10,13H,11H2,1-2H3,(H,25,26). The fourth-order valence-electron chi connectivity index (χ4n) is 2.99. The number of anilines is 1. The van der Waals surface area contributed by atoms with E-state index < -0.39 is 18.0 Å². The summed E-state index contributed by atoms with van der Waals surface area (Å²) in [6.45, 7) is 3.28. The van der Waals surface area contributed by atoms with Crippen molar-refractivity contribution < 1.29 is 18.8 Å². The molecule has 3 rings (SSSR count). The number of aromatic nitrogens is 1. The molecule has 0 aliphatic heterocycles. The first-order valence-electron chi connectivity index (χ1n) is 8.32. The van der Waals surface area contributed by atoms with E-state index in [1.807, 2.05) is 12.1 Å². The summed E-state index contributed by atoms with van der Waals surface area (Å²) in [5, 5.41) is 13.8. The Morgan fingerprint density at radius 3 is 2.52 bits per heavy atom. The molecule has 0 radical (unpaired) electrons. The Hall–Kier alpha value is -2.86. The molecule has 0 spiro atoms. The van der Waals surface area contributed by atoms with Crippen LogP contribution in [0.3, 0.4) is 0 Å². The van der Waals surface area contributed by atoms with E-state index in [0.29, 0.717) is 22.9 Å². The van der Waals surface area contributed by atoms with Crippen LogP contribution in [0.15, 0.2) is 53.1 Å². The van der Waals surface area contributed by atoms with Crippen molar-refractivity contribution in [2.45, 2.75) is 25.8 Å². The maximum Gasteiger partial charge on any atom is 0.412 e. The lowest BCUT2D eigenvalue weighted by atomic mass is 10.0. The van der Waals surface area contributed by atoms with Gasteiger partial charge in [0.15, 0.2) is 5.76 Å². The highest BCUT2D eigenvalue weighted by Gasteiger charge is 2.31.